The van der Waals surface area contributed by atoms with Crippen molar-refractivity contribution in [1.82, 2.24) is 0 Å². The van der Waals surface area contributed by atoms with E-state index in [-0.39, 0.29) is 17.9 Å². The Morgan fingerprint density at radius 3 is 2.50 bits per heavy atom. The van der Waals surface area contributed by atoms with Crippen LogP contribution in [0.25, 0.3) is 0 Å². The zero-order valence-corrected chi connectivity index (χ0v) is 12.0. The quantitative estimate of drug-likeness (QED) is 0.501. The number of carbonyl (C=O) groups excluding carboxylic acids is 2. The Bertz CT molecular complexity index is 564. The Kier molecular flexibility index (Phi) is 5.92. The maximum absolute atomic E-state index is 11.5. The summed E-state index contributed by atoms with van der Waals surface area (Å²) in [5, 5.41) is 8.99. The van der Waals surface area contributed by atoms with Crippen molar-refractivity contribution in [1.29, 1.82) is 0 Å². The maximum atomic E-state index is 11.5. The predicted octanol–water partition coefficient (Wildman–Crippen LogP) is 2.17. The summed E-state index contributed by atoms with van der Waals surface area (Å²) in [6.07, 6.45) is 1.77. The van der Waals surface area contributed by atoms with Crippen LogP contribution in [0.2, 0.25) is 0 Å². The molecule has 0 atom stereocenters. The Morgan fingerprint density at radius 2 is 1.90 bits per heavy atom. The fourth-order valence-corrected chi connectivity index (χ4v) is 1.59. The highest BCUT2D eigenvalue weighted by Crippen LogP contribution is 2.23. The molecule has 0 spiro atoms. The molecule has 0 aliphatic heterocycles. The number of rotatable bonds is 5. The molecule has 0 radical (unpaired) electrons. The lowest BCUT2D eigenvalue weighted by Gasteiger charge is -2.05. The van der Waals surface area contributed by atoms with Crippen molar-refractivity contribution in [2.24, 2.45) is 0 Å². The summed E-state index contributed by atoms with van der Waals surface area (Å²) >= 11 is 3.12. The highest BCUT2D eigenvalue weighted by Gasteiger charge is 2.14. The Hall–Kier alpha value is -2.15. The van der Waals surface area contributed by atoms with Gasteiger partial charge in [0.1, 0.15) is 11.3 Å². The summed E-state index contributed by atoms with van der Waals surface area (Å²) < 4.78 is 9.98. The van der Waals surface area contributed by atoms with Crippen LogP contribution in [0.1, 0.15) is 17.3 Å². The number of carboxylic acid groups (broad SMARTS) is 1. The summed E-state index contributed by atoms with van der Waals surface area (Å²) in [5.74, 6) is -2.90. The molecule has 0 aliphatic carbocycles. The molecule has 1 aromatic rings. The number of carbonyl (C=O) groups is 3. The van der Waals surface area contributed by atoms with Crippen LogP contribution in [0.3, 0.4) is 0 Å². The third-order valence-electron chi connectivity index (χ3n) is 2.02. The average molecular weight is 343 g/mol. The van der Waals surface area contributed by atoms with Gasteiger partial charge in [0.05, 0.1) is 6.61 Å². The van der Waals surface area contributed by atoms with Crippen molar-refractivity contribution >= 4 is 33.8 Å². The third kappa shape index (κ3) is 4.85. The minimum absolute atomic E-state index is 0.112. The first kappa shape index (κ1) is 15.9. The van der Waals surface area contributed by atoms with Crippen LogP contribution in [0.15, 0.2) is 34.8 Å². The highest BCUT2D eigenvalue weighted by molar-refractivity contribution is 9.10. The second-order valence-electron chi connectivity index (χ2n) is 3.45. The van der Waals surface area contributed by atoms with Crippen LogP contribution < -0.4 is 4.74 Å². The largest absolute Gasteiger partial charge is 0.478 e. The molecular formula is C13H11BrO6. The van der Waals surface area contributed by atoms with E-state index < -0.39 is 17.9 Å². The Morgan fingerprint density at radius 1 is 1.25 bits per heavy atom. The van der Waals surface area contributed by atoms with E-state index in [9.17, 15) is 14.4 Å². The van der Waals surface area contributed by atoms with Crippen molar-refractivity contribution in [2.45, 2.75) is 6.92 Å². The van der Waals surface area contributed by atoms with E-state index in [1.54, 1.807) is 6.92 Å². The van der Waals surface area contributed by atoms with Gasteiger partial charge in [0.25, 0.3) is 0 Å². The molecular weight excluding hydrogens is 332 g/mol. The molecule has 0 fully saturated rings. The van der Waals surface area contributed by atoms with Crippen LogP contribution in [0, 0.1) is 0 Å². The van der Waals surface area contributed by atoms with E-state index in [1.165, 1.54) is 18.2 Å². The highest BCUT2D eigenvalue weighted by atomic mass is 79.9. The number of carboxylic acids is 1. The number of esters is 2. The number of ether oxygens (including phenoxy) is 2. The van der Waals surface area contributed by atoms with E-state index in [0.717, 1.165) is 12.2 Å². The number of aromatic carboxylic acids is 1. The number of benzene rings is 1. The third-order valence-corrected chi connectivity index (χ3v) is 2.52. The van der Waals surface area contributed by atoms with Gasteiger partial charge in [-0.25, -0.2) is 14.4 Å². The van der Waals surface area contributed by atoms with Gasteiger partial charge in [-0.2, -0.15) is 0 Å². The van der Waals surface area contributed by atoms with Gasteiger partial charge in [-0.05, 0) is 25.1 Å². The van der Waals surface area contributed by atoms with E-state index in [1.807, 2.05) is 0 Å². The summed E-state index contributed by atoms with van der Waals surface area (Å²) in [6, 6.07) is 4.17. The van der Waals surface area contributed by atoms with Gasteiger partial charge in [0.15, 0.2) is 0 Å². The molecule has 20 heavy (non-hydrogen) atoms. The topological polar surface area (TPSA) is 89.9 Å². The van der Waals surface area contributed by atoms with Crippen molar-refractivity contribution in [2.75, 3.05) is 6.61 Å². The normalized spacial score (nSPS) is 10.3. The smallest absolute Gasteiger partial charge is 0.339 e. The van der Waals surface area contributed by atoms with Gasteiger partial charge in [-0.15, -0.1) is 0 Å². The fraction of sp³-hybridized carbons (Fsp3) is 0.154. The minimum atomic E-state index is -1.23. The lowest BCUT2D eigenvalue weighted by atomic mass is 10.2. The molecule has 0 aromatic heterocycles. The first-order valence-corrected chi connectivity index (χ1v) is 6.32. The average Bonchev–Trinajstić information content (AvgIpc) is 2.38. The molecule has 106 valence electrons. The molecule has 0 bridgehead atoms. The molecule has 0 aliphatic rings. The van der Waals surface area contributed by atoms with Crippen LogP contribution >= 0.6 is 15.9 Å². The second-order valence-corrected chi connectivity index (χ2v) is 4.37. The van der Waals surface area contributed by atoms with Gasteiger partial charge in [-0.3, -0.25) is 0 Å². The van der Waals surface area contributed by atoms with Crippen LogP contribution in [-0.2, 0) is 14.3 Å². The van der Waals surface area contributed by atoms with Gasteiger partial charge < -0.3 is 14.6 Å². The lowest BCUT2D eigenvalue weighted by molar-refractivity contribution is -0.138. The van der Waals surface area contributed by atoms with E-state index in [4.69, 9.17) is 9.84 Å². The first-order valence-electron chi connectivity index (χ1n) is 5.53. The van der Waals surface area contributed by atoms with Crippen LogP contribution in [0.5, 0.6) is 5.75 Å². The monoisotopic (exact) mass is 342 g/mol. The second kappa shape index (κ2) is 7.44. The van der Waals surface area contributed by atoms with Crippen molar-refractivity contribution in [3.8, 4) is 5.75 Å². The summed E-state index contributed by atoms with van der Waals surface area (Å²) in [4.78, 5) is 33.5. The maximum Gasteiger partial charge on any atom is 0.339 e. The molecule has 1 aromatic carbocycles. The molecule has 7 heteroatoms. The van der Waals surface area contributed by atoms with Crippen LogP contribution in [-0.4, -0.2) is 29.6 Å². The molecule has 0 heterocycles. The molecule has 0 amide bonds. The first-order chi connectivity index (χ1) is 9.43. The number of hydrogen-bond donors (Lipinski definition) is 1. The minimum Gasteiger partial charge on any atom is -0.478 e. The van der Waals surface area contributed by atoms with E-state index in [0.29, 0.717) is 4.47 Å². The lowest BCUT2D eigenvalue weighted by Crippen LogP contribution is -2.09. The van der Waals surface area contributed by atoms with Crippen LogP contribution in [0.4, 0.5) is 0 Å². The van der Waals surface area contributed by atoms with Crippen molar-refractivity contribution in [3.05, 3.63) is 40.4 Å². The zero-order valence-electron chi connectivity index (χ0n) is 10.5. The van der Waals surface area contributed by atoms with Gasteiger partial charge in [0, 0.05) is 16.6 Å². The van der Waals surface area contributed by atoms with Crippen molar-refractivity contribution < 1.29 is 29.0 Å². The molecule has 0 saturated carbocycles. The van der Waals surface area contributed by atoms with Gasteiger partial charge in [-0.1, -0.05) is 15.9 Å². The number of halogens is 1. The Balaban J connectivity index is 2.81. The summed E-state index contributed by atoms with van der Waals surface area (Å²) in [6.45, 7) is 1.82. The van der Waals surface area contributed by atoms with E-state index >= 15 is 0 Å². The molecule has 1 N–H and O–H groups in total. The van der Waals surface area contributed by atoms with E-state index in [2.05, 4.69) is 20.7 Å². The standard InChI is InChI=1S/C13H11BrO6/c1-2-19-11(15)5-6-12(16)20-10-4-3-8(14)7-9(10)13(17)18/h3-7H,2H2,1H3,(H,17,18)/b6-5+. The van der Waals surface area contributed by atoms with Gasteiger partial charge >= 0.3 is 17.9 Å². The summed E-state index contributed by atoms with van der Waals surface area (Å²) in [7, 11) is 0. The zero-order chi connectivity index (χ0) is 15.1. The fourth-order valence-electron chi connectivity index (χ4n) is 1.23. The molecule has 1 rings (SSSR count). The molecule has 6 nitrogen and oxygen atoms in total. The predicted molar refractivity (Wildman–Crippen MR) is 72.5 cm³/mol. The summed E-state index contributed by atoms with van der Waals surface area (Å²) in [5.41, 5.74) is -0.169. The molecule has 0 unspecified atom stereocenters. The van der Waals surface area contributed by atoms with Gasteiger partial charge in [0.2, 0.25) is 0 Å². The SMILES string of the molecule is CCOC(=O)/C=C/C(=O)Oc1ccc(Br)cc1C(=O)O. The van der Waals surface area contributed by atoms with Crippen molar-refractivity contribution in [3.63, 3.8) is 0 Å². The number of hydrogen-bond acceptors (Lipinski definition) is 5. The molecule has 0 saturated heterocycles. The Labute approximate surface area is 123 Å².